The molecule has 25 heavy (non-hydrogen) atoms. The zero-order chi connectivity index (χ0) is 17.3. The van der Waals surface area contributed by atoms with Gasteiger partial charge in [0.15, 0.2) is 5.78 Å². The molecule has 0 N–H and O–H groups in total. The van der Waals surface area contributed by atoms with Crippen molar-refractivity contribution in [2.45, 2.75) is 6.42 Å². The Morgan fingerprint density at radius 2 is 1.68 bits per heavy atom. The molecule has 2 aromatic rings. The summed E-state index contributed by atoms with van der Waals surface area (Å²) in [7, 11) is 0. The second kappa shape index (κ2) is 8.45. The van der Waals surface area contributed by atoms with E-state index in [0.29, 0.717) is 12.1 Å². The van der Waals surface area contributed by atoms with Crippen molar-refractivity contribution in [2.75, 3.05) is 0 Å². The Balaban J connectivity index is 2.07. The Kier molecular flexibility index (Phi) is 5.56. The summed E-state index contributed by atoms with van der Waals surface area (Å²) >= 11 is 0. The van der Waals surface area contributed by atoms with Crippen LogP contribution in [0.5, 0.6) is 0 Å². The van der Waals surface area contributed by atoms with E-state index >= 15 is 0 Å². The van der Waals surface area contributed by atoms with Crippen molar-refractivity contribution < 1.29 is 4.79 Å². The molecule has 1 aliphatic heterocycles. The van der Waals surface area contributed by atoms with Crippen LogP contribution in [0, 0.1) is 0 Å². The molecule has 4 heteroatoms. The van der Waals surface area contributed by atoms with Crippen LogP contribution < -0.4 is 0 Å². The largest absolute Gasteiger partial charge is 0.295 e. The van der Waals surface area contributed by atoms with Crippen molar-refractivity contribution in [3.05, 3.63) is 84.5 Å². The molecule has 0 amide bonds. The van der Waals surface area contributed by atoms with E-state index in [2.05, 4.69) is 15.4 Å². The van der Waals surface area contributed by atoms with Gasteiger partial charge in [-0.15, -0.1) is 10.2 Å². The van der Waals surface area contributed by atoms with Gasteiger partial charge in [0.25, 0.3) is 0 Å². The molecule has 0 radical (unpaired) electrons. The molecule has 4 nitrogen and oxygen atoms in total. The van der Waals surface area contributed by atoms with Gasteiger partial charge in [-0.1, -0.05) is 66.8 Å². The average molecular weight is 327 g/mol. The molecule has 3 rings (SSSR count). The van der Waals surface area contributed by atoms with Gasteiger partial charge in [-0.05, 0) is 28.8 Å². The Morgan fingerprint density at radius 3 is 2.64 bits per heavy atom. The summed E-state index contributed by atoms with van der Waals surface area (Å²) in [5, 5.41) is 14.1. The van der Waals surface area contributed by atoms with Gasteiger partial charge in [0.2, 0.25) is 0 Å². The van der Waals surface area contributed by atoms with Crippen LogP contribution in [-0.2, 0) is 4.79 Å². The highest BCUT2D eigenvalue weighted by molar-refractivity contribution is 5.99. The van der Waals surface area contributed by atoms with Crippen molar-refractivity contribution in [1.29, 1.82) is 0 Å². The lowest BCUT2D eigenvalue weighted by molar-refractivity contribution is -0.113. The smallest absolute Gasteiger partial charge is 0.159 e. The molecule has 0 bridgehead atoms. The van der Waals surface area contributed by atoms with Crippen molar-refractivity contribution in [2.24, 2.45) is 15.4 Å². The standard InChI is InChI=1S/C21H17N3O/c25-19-10-5-3-1-2-4-8-16-22-24-23-21-18(14-15-19)13-12-17-9-6-7-11-20(17)21/h1-9,11-16H,10H2. The van der Waals surface area contributed by atoms with Gasteiger partial charge in [0.1, 0.15) is 5.69 Å². The van der Waals surface area contributed by atoms with Gasteiger partial charge in [-0.25, -0.2) is 0 Å². The van der Waals surface area contributed by atoms with Gasteiger partial charge < -0.3 is 0 Å². The highest BCUT2D eigenvalue weighted by Crippen LogP contribution is 2.31. The zero-order valence-electron chi connectivity index (χ0n) is 13.6. The topological polar surface area (TPSA) is 54.1 Å². The fourth-order valence-electron chi connectivity index (χ4n) is 2.41. The summed E-state index contributed by atoms with van der Waals surface area (Å²) in [6, 6.07) is 11.9. The maximum Gasteiger partial charge on any atom is 0.159 e. The Hall–Kier alpha value is -3.40. The van der Waals surface area contributed by atoms with Crippen molar-refractivity contribution in [3.8, 4) is 0 Å². The molecule has 0 unspecified atom stereocenters. The predicted molar refractivity (Wildman–Crippen MR) is 103 cm³/mol. The Labute approximate surface area is 146 Å². The van der Waals surface area contributed by atoms with Crippen LogP contribution >= 0.6 is 0 Å². The van der Waals surface area contributed by atoms with E-state index in [1.807, 2.05) is 66.8 Å². The normalized spacial score (nSPS) is 15.0. The molecule has 122 valence electrons. The SMILES string of the molecule is O=C1C=Cc2ccc3ccccc3c2N=NN=CC=CC=CC=CC1. The molecular weight excluding hydrogens is 310 g/mol. The van der Waals surface area contributed by atoms with Gasteiger partial charge in [0, 0.05) is 17.4 Å². The van der Waals surface area contributed by atoms with Crippen molar-refractivity contribution >= 4 is 34.5 Å². The minimum atomic E-state index is 0.0290. The number of allylic oxidation sites excluding steroid dienone is 7. The first-order chi connectivity index (χ1) is 12.3. The van der Waals surface area contributed by atoms with E-state index in [9.17, 15) is 4.79 Å². The van der Waals surface area contributed by atoms with Crippen LogP contribution in [0.1, 0.15) is 12.0 Å². The molecule has 0 saturated carbocycles. The van der Waals surface area contributed by atoms with E-state index in [1.54, 1.807) is 24.4 Å². The fourth-order valence-corrected chi connectivity index (χ4v) is 2.41. The molecule has 0 spiro atoms. The second-order valence-corrected chi connectivity index (χ2v) is 5.38. The molecule has 1 heterocycles. The summed E-state index contributed by atoms with van der Waals surface area (Å²) in [6.45, 7) is 0. The van der Waals surface area contributed by atoms with E-state index in [1.165, 1.54) is 0 Å². The number of benzene rings is 2. The second-order valence-electron chi connectivity index (χ2n) is 5.38. The minimum Gasteiger partial charge on any atom is -0.295 e. The number of carbonyl (C=O) groups excluding carboxylic acids is 1. The van der Waals surface area contributed by atoms with Crippen molar-refractivity contribution in [3.63, 3.8) is 0 Å². The first kappa shape index (κ1) is 16.5. The number of ketones is 1. The van der Waals surface area contributed by atoms with E-state index < -0.39 is 0 Å². The number of hydrogen-bond donors (Lipinski definition) is 0. The summed E-state index contributed by atoms with van der Waals surface area (Å²) in [4.78, 5) is 12.0. The molecule has 2 aromatic carbocycles. The summed E-state index contributed by atoms with van der Waals surface area (Å²) in [5.74, 6) is 0.0290. The monoisotopic (exact) mass is 327 g/mol. The summed E-state index contributed by atoms with van der Waals surface area (Å²) in [6.07, 6.45) is 16.3. The first-order valence-electron chi connectivity index (χ1n) is 8.00. The molecule has 0 aliphatic carbocycles. The number of carbonyl (C=O) groups is 1. The van der Waals surface area contributed by atoms with Gasteiger partial charge in [0.05, 0.1) is 6.21 Å². The zero-order valence-corrected chi connectivity index (χ0v) is 13.6. The molecule has 0 atom stereocenters. The third kappa shape index (κ3) is 4.54. The quantitative estimate of drug-likeness (QED) is 0.624. The van der Waals surface area contributed by atoms with Crippen LogP contribution in [-0.4, -0.2) is 12.0 Å². The lowest BCUT2D eigenvalue weighted by Crippen LogP contribution is -1.89. The number of hydrogen-bond acceptors (Lipinski definition) is 4. The highest BCUT2D eigenvalue weighted by Gasteiger charge is 2.05. The Morgan fingerprint density at radius 1 is 0.840 bits per heavy atom. The van der Waals surface area contributed by atoms with Gasteiger partial charge >= 0.3 is 0 Å². The first-order valence-corrected chi connectivity index (χ1v) is 8.00. The van der Waals surface area contributed by atoms with Gasteiger partial charge in [-0.2, -0.15) is 0 Å². The van der Waals surface area contributed by atoms with E-state index in [-0.39, 0.29) is 5.78 Å². The summed E-state index contributed by atoms with van der Waals surface area (Å²) < 4.78 is 0. The maximum atomic E-state index is 12.0. The van der Waals surface area contributed by atoms with E-state index in [0.717, 1.165) is 16.3 Å². The number of nitrogens with zero attached hydrogens (tertiary/aromatic N) is 3. The molecule has 0 saturated heterocycles. The third-order valence-electron chi connectivity index (χ3n) is 3.63. The fraction of sp³-hybridized carbons (Fsp3) is 0.0476. The minimum absolute atomic E-state index is 0.0290. The number of rotatable bonds is 0. The lowest BCUT2D eigenvalue weighted by atomic mass is 10.0. The van der Waals surface area contributed by atoms with Crippen LogP contribution in [0.2, 0.25) is 0 Å². The lowest BCUT2D eigenvalue weighted by Gasteiger charge is -2.04. The van der Waals surface area contributed by atoms with E-state index in [4.69, 9.17) is 0 Å². The van der Waals surface area contributed by atoms with Crippen molar-refractivity contribution in [1.82, 2.24) is 0 Å². The molecule has 0 fully saturated rings. The Bertz CT molecular complexity index is 947. The van der Waals surface area contributed by atoms with Crippen LogP contribution in [0.15, 0.2) is 94.4 Å². The molecular formula is C21H17N3O. The highest BCUT2D eigenvalue weighted by atomic mass is 16.1. The van der Waals surface area contributed by atoms with Crippen LogP contribution in [0.25, 0.3) is 16.8 Å². The summed E-state index contributed by atoms with van der Waals surface area (Å²) in [5.41, 5.74) is 1.53. The third-order valence-corrected chi connectivity index (χ3v) is 3.63. The molecule has 1 aliphatic rings. The van der Waals surface area contributed by atoms with Crippen LogP contribution in [0.4, 0.5) is 5.69 Å². The average Bonchev–Trinajstić information content (AvgIpc) is 2.64. The van der Waals surface area contributed by atoms with Crippen LogP contribution in [0.3, 0.4) is 0 Å². The molecule has 0 aromatic heterocycles. The number of fused-ring (bicyclic) bond motifs is 3. The predicted octanol–water partition coefficient (Wildman–Crippen LogP) is 5.56. The maximum absolute atomic E-state index is 12.0. The van der Waals surface area contributed by atoms with Gasteiger partial charge in [-0.3, -0.25) is 4.79 Å².